The Morgan fingerprint density at radius 2 is 1.71 bits per heavy atom. The summed E-state index contributed by atoms with van der Waals surface area (Å²) < 4.78 is 11.4. The number of esters is 1. The zero-order valence-electron chi connectivity index (χ0n) is 33.9. The lowest BCUT2D eigenvalue weighted by atomic mass is 9.83. The fourth-order valence-electron chi connectivity index (χ4n) is 8.03. The van der Waals surface area contributed by atoms with Crippen LogP contribution in [0.5, 0.6) is 0 Å². The Morgan fingerprint density at radius 3 is 2.41 bits per heavy atom. The summed E-state index contributed by atoms with van der Waals surface area (Å²) in [4.78, 5) is 62.5. The van der Waals surface area contributed by atoms with Crippen molar-refractivity contribution in [2.24, 2.45) is 11.8 Å². The number of nitrogens with two attached hydrogens (primary N) is 1. The molecule has 2 aromatic rings. The third-order valence-corrected chi connectivity index (χ3v) is 12.1. The molecule has 0 radical (unpaired) electrons. The maximum Gasteiger partial charge on any atom is 0.410 e. The minimum Gasteiger partial charge on any atom is -0.464 e. The van der Waals surface area contributed by atoms with Gasteiger partial charge in [-0.05, 0) is 113 Å². The first-order valence-corrected chi connectivity index (χ1v) is 20.6. The van der Waals surface area contributed by atoms with Crippen LogP contribution in [0, 0.1) is 18.8 Å². The number of fused-ring (bicyclic) bond motifs is 1. The Kier molecular flexibility index (Phi) is 15.7. The Bertz CT molecular complexity index is 1640. The number of likely N-dealkylation sites (N-methyl/N-ethyl adjacent to an activating group) is 2. The zero-order chi connectivity index (χ0) is 40.4. The standard InChI is InChI=1S/C42H62ClN7O6/c1-29(32-11-18-48(19-12-32)20-16-38(51)55-25-24-46(3)4)10-17-47(5)40(52)37(28-31-26-30(2)39(44)35(43)27-31)56-42(54)49-21-14-34(15-22-49)50-23-13-33-8-6-7-9-36(33)45-41(50)53/h6-9,26-27,29,32,34,37H,10-25,28,44H2,1-5H3,(H,45,53)/t29?,37-/m1/s1. The molecule has 3 N–H and O–H groups in total. The fraction of sp³-hybridized carbons (Fsp3) is 0.619. The van der Waals surface area contributed by atoms with Crippen LogP contribution in [0.2, 0.25) is 5.02 Å². The molecule has 13 nitrogen and oxygen atoms in total. The Balaban J connectivity index is 1.12. The number of nitrogens with one attached hydrogen (secondary N) is 1. The molecule has 3 heterocycles. The highest BCUT2D eigenvalue weighted by Crippen LogP contribution is 2.29. The summed E-state index contributed by atoms with van der Waals surface area (Å²) in [6.45, 7) is 9.80. The van der Waals surface area contributed by atoms with Gasteiger partial charge >= 0.3 is 18.1 Å². The van der Waals surface area contributed by atoms with E-state index in [1.165, 1.54) is 0 Å². The van der Waals surface area contributed by atoms with Crippen LogP contribution in [0.1, 0.15) is 62.1 Å². The van der Waals surface area contributed by atoms with Crippen molar-refractivity contribution < 1.29 is 28.7 Å². The van der Waals surface area contributed by atoms with Gasteiger partial charge < -0.3 is 45.0 Å². The molecule has 0 aliphatic carbocycles. The van der Waals surface area contributed by atoms with Gasteiger partial charge in [0, 0.05) is 64.5 Å². The number of para-hydroxylation sites is 1. The normalized spacial score (nSPS) is 18.2. The number of ether oxygens (including phenoxy) is 2. The van der Waals surface area contributed by atoms with Gasteiger partial charge in [0.15, 0.2) is 6.10 Å². The lowest BCUT2D eigenvalue weighted by molar-refractivity contribution is -0.144. The number of aryl methyl sites for hydroxylation is 1. The highest BCUT2D eigenvalue weighted by Gasteiger charge is 2.35. The topological polar surface area (TPSA) is 141 Å². The molecule has 56 heavy (non-hydrogen) atoms. The predicted octanol–water partition coefficient (Wildman–Crippen LogP) is 5.52. The van der Waals surface area contributed by atoms with E-state index in [0.29, 0.717) is 81.1 Å². The molecule has 2 atom stereocenters. The Hall–Kier alpha value is -4.07. The van der Waals surface area contributed by atoms with Gasteiger partial charge in [-0.3, -0.25) is 9.59 Å². The molecule has 14 heteroatoms. The van der Waals surface area contributed by atoms with E-state index in [0.717, 1.165) is 67.7 Å². The van der Waals surface area contributed by atoms with Gasteiger partial charge in [-0.15, -0.1) is 0 Å². The van der Waals surface area contributed by atoms with E-state index in [1.54, 1.807) is 22.9 Å². The van der Waals surface area contributed by atoms with Gasteiger partial charge in [0.05, 0.1) is 17.1 Å². The smallest absolute Gasteiger partial charge is 0.410 e. The van der Waals surface area contributed by atoms with Crippen molar-refractivity contribution in [3.8, 4) is 0 Å². The third kappa shape index (κ3) is 12.0. The molecule has 308 valence electrons. The number of likely N-dealkylation sites (tertiary alicyclic amines) is 2. The van der Waals surface area contributed by atoms with Crippen molar-refractivity contribution >= 4 is 47.0 Å². The SMILES string of the molecule is Cc1cc(C[C@@H](OC(=O)N2CCC(N3CCc4ccccc4NC3=O)CC2)C(=O)N(C)CCC(C)C2CCN(CCC(=O)OCCN(C)C)CC2)cc(Cl)c1N. The molecular weight excluding hydrogens is 734 g/mol. The number of carbonyl (C=O) groups is 4. The van der Waals surface area contributed by atoms with E-state index in [9.17, 15) is 19.2 Å². The summed E-state index contributed by atoms with van der Waals surface area (Å²) in [5.74, 6) is 0.501. The predicted molar refractivity (Wildman–Crippen MR) is 220 cm³/mol. The van der Waals surface area contributed by atoms with Gasteiger partial charge in [-0.2, -0.15) is 0 Å². The lowest BCUT2D eigenvalue weighted by Gasteiger charge is -2.38. The number of nitrogen functional groups attached to an aromatic ring is 1. The number of carbonyl (C=O) groups excluding carboxylic acids is 4. The van der Waals surface area contributed by atoms with E-state index in [-0.39, 0.29) is 30.4 Å². The van der Waals surface area contributed by atoms with Crippen LogP contribution in [0.3, 0.4) is 0 Å². The van der Waals surface area contributed by atoms with Crippen LogP contribution < -0.4 is 11.1 Å². The summed E-state index contributed by atoms with van der Waals surface area (Å²) in [6, 6.07) is 11.4. The van der Waals surface area contributed by atoms with Gasteiger partial charge in [0.1, 0.15) is 6.61 Å². The third-order valence-electron chi connectivity index (χ3n) is 11.8. The lowest BCUT2D eigenvalue weighted by Crippen LogP contribution is -2.51. The summed E-state index contributed by atoms with van der Waals surface area (Å²) in [6.07, 6.45) is 3.87. The number of urea groups is 1. The van der Waals surface area contributed by atoms with Crippen molar-refractivity contribution in [3.63, 3.8) is 0 Å². The largest absolute Gasteiger partial charge is 0.464 e. The van der Waals surface area contributed by atoms with E-state index in [1.807, 2.05) is 61.2 Å². The maximum absolute atomic E-state index is 14.1. The number of hydrogen-bond donors (Lipinski definition) is 2. The van der Waals surface area contributed by atoms with Crippen LogP contribution in [0.15, 0.2) is 36.4 Å². The molecule has 4 amide bonds. The number of rotatable bonds is 15. The van der Waals surface area contributed by atoms with Crippen molar-refractivity contribution in [2.45, 2.75) is 77.4 Å². The molecule has 0 spiro atoms. The first-order chi connectivity index (χ1) is 26.8. The molecule has 2 aromatic carbocycles. The Labute approximate surface area is 337 Å². The number of halogens is 1. The fourth-order valence-corrected chi connectivity index (χ4v) is 8.32. The summed E-state index contributed by atoms with van der Waals surface area (Å²) in [7, 11) is 5.68. The number of benzene rings is 2. The molecule has 0 bridgehead atoms. The molecule has 2 fully saturated rings. The van der Waals surface area contributed by atoms with E-state index in [4.69, 9.17) is 26.8 Å². The summed E-state index contributed by atoms with van der Waals surface area (Å²) >= 11 is 6.43. The highest BCUT2D eigenvalue weighted by molar-refractivity contribution is 6.33. The number of anilines is 2. The summed E-state index contributed by atoms with van der Waals surface area (Å²) in [5, 5.41) is 3.44. The molecule has 0 saturated carbocycles. The highest BCUT2D eigenvalue weighted by atomic mass is 35.5. The van der Waals surface area contributed by atoms with E-state index < -0.39 is 12.2 Å². The second-order valence-corrected chi connectivity index (χ2v) is 16.5. The van der Waals surface area contributed by atoms with Crippen molar-refractivity contribution in [1.29, 1.82) is 0 Å². The number of nitrogens with zero attached hydrogens (tertiary/aromatic N) is 5. The first-order valence-electron chi connectivity index (χ1n) is 20.2. The second-order valence-electron chi connectivity index (χ2n) is 16.1. The molecule has 1 unspecified atom stereocenters. The summed E-state index contributed by atoms with van der Waals surface area (Å²) in [5.41, 5.74) is 10.1. The van der Waals surface area contributed by atoms with Crippen LogP contribution in [0.25, 0.3) is 0 Å². The minimum atomic E-state index is -1.05. The zero-order valence-corrected chi connectivity index (χ0v) is 34.7. The first kappa shape index (κ1) is 43.1. The van der Waals surface area contributed by atoms with Crippen LogP contribution in [-0.2, 0) is 31.9 Å². The quantitative estimate of drug-likeness (QED) is 0.176. The number of hydrogen-bond acceptors (Lipinski definition) is 9. The van der Waals surface area contributed by atoms with Gasteiger partial charge in [0.25, 0.3) is 5.91 Å². The van der Waals surface area contributed by atoms with Crippen LogP contribution in [0.4, 0.5) is 21.0 Å². The van der Waals surface area contributed by atoms with Crippen molar-refractivity contribution in [3.05, 3.63) is 58.1 Å². The molecular formula is C42H62ClN7O6. The van der Waals surface area contributed by atoms with Gasteiger partial charge in [0.2, 0.25) is 0 Å². The number of amides is 4. The van der Waals surface area contributed by atoms with Crippen LogP contribution >= 0.6 is 11.6 Å². The minimum absolute atomic E-state index is 0.00658. The molecule has 3 aliphatic heterocycles. The van der Waals surface area contributed by atoms with Crippen LogP contribution in [-0.4, -0.2) is 141 Å². The molecule has 0 aromatic heterocycles. The van der Waals surface area contributed by atoms with E-state index >= 15 is 0 Å². The second kappa shape index (κ2) is 20.4. The average Bonchev–Trinajstić information content (AvgIpc) is 3.35. The Morgan fingerprint density at radius 1 is 1.00 bits per heavy atom. The maximum atomic E-state index is 14.1. The van der Waals surface area contributed by atoms with Crippen molar-refractivity contribution in [2.75, 3.05) is 91.2 Å². The van der Waals surface area contributed by atoms with Crippen molar-refractivity contribution in [1.82, 2.24) is 24.5 Å². The molecule has 5 rings (SSSR count). The molecule has 2 saturated heterocycles. The van der Waals surface area contributed by atoms with E-state index in [2.05, 4.69) is 17.1 Å². The van der Waals surface area contributed by atoms with Gasteiger partial charge in [-0.1, -0.05) is 42.8 Å². The monoisotopic (exact) mass is 795 g/mol. The van der Waals surface area contributed by atoms with Gasteiger partial charge in [-0.25, -0.2) is 9.59 Å². The molecule has 3 aliphatic rings. The number of piperidine rings is 2. The average molecular weight is 796 g/mol.